The van der Waals surface area contributed by atoms with Gasteiger partial charge in [0.15, 0.2) is 5.78 Å². The molecule has 0 N–H and O–H groups in total. The van der Waals surface area contributed by atoms with Gasteiger partial charge in [-0.2, -0.15) is 4.31 Å². The van der Waals surface area contributed by atoms with E-state index in [1.807, 2.05) is 0 Å². The van der Waals surface area contributed by atoms with Crippen LogP contribution >= 0.6 is 11.3 Å². The number of sulfonamides is 1. The van der Waals surface area contributed by atoms with Crippen LogP contribution in [0.1, 0.15) is 32.6 Å². The van der Waals surface area contributed by atoms with Gasteiger partial charge < -0.3 is 0 Å². The zero-order chi connectivity index (χ0) is 13.2. The Kier molecular flexibility index (Phi) is 4.19. The highest BCUT2D eigenvalue weighted by molar-refractivity contribution is 7.91. The molecule has 0 aliphatic carbocycles. The monoisotopic (exact) mass is 287 g/mol. The largest absolute Gasteiger partial charge is 0.298 e. The topological polar surface area (TPSA) is 54.5 Å². The normalized spacial score (nSPS) is 21.9. The van der Waals surface area contributed by atoms with Crippen LogP contribution < -0.4 is 0 Å². The molecule has 100 valence electrons. The lowest BCUT2D eigenvalue weighted by Crippen LogP contribution is -2.47. The lowest BCUT2D eigenvalue weighted by atomic mass is 10.00. The number of Topliss-reactive ketones (excluding diaryl/α,β-unsaturated/α-hetero) is 1. The average Bonchev–Trinajstić information content (AvgIpc) is 2.92. The van der Waals surface area contributed by atoms with Crippen molar-refractivity contribution in [1.29, 1.82) is 0 Å². The maximum atomic E-state index is 12.5. The number of hydrogen-bond donors (Lipinski definition) is 0. The Balaban J connectivity index is 2.32. The van der Waals surface area contributed by atoms with E-state index in [1.54, 1.807) is 24.4 Å². The lowest BCUT2D eigenvalue weighted by Gasteiger charge is -2.33. The molecule has 1 fully saturated rings. The van der Waals surface area contributed by atoms with Crippen LogP contribution in [0.4, 0.5) is 0 Å². The van der Waals surface area contributed by atoms with Crippen LogP contribution in [0.3, 0.4) is 0 Å². The van der Waals surface area contributed by atoms with Crippen molar-refractivity contribution in [3.8, 4) is 0 Å². The van der Waals surface area contributed by atoms with E-state index in [0.717, 1.165) is 12.8 Å². The fourth-order valence-corrected chi connectivity index (χ4v) is 5.07. The fourth-order valence-electron chi connectivity index (χ4n) is 2.28. The van der Waals surface area contributed by atoms with Crippen LogP contribution in [0, 0.1) is 0 Å². The van der Waals surface area contributed by atoms with Gasteiger partial charge in [-0.05, 0) is 24.3 Å². The van der Waals surface area contributed by atoms with E-state index in [1.165, 1.54) is 15.6 Å². The Hall–Kier alpha value is -0.720. The van der Waals surface area contributed by atoms with Crippen molar-refractivity contribution >= 4 is 27.1 Å². The molecule has 0 radical (unpaired) electrons. The van der Waals surface area contributed by atoms with Crippen molar-refractivity contribution in [2.45, 2.75) is 42.9 Å². The predicted octanol–water partition coefficient (Wildman–Crippen LogP) is 2.27. The molecule has 0 saturated carbocycles. The number of ketones is 1. The number of carbonyl (C=O) groups excluding carboxylic acids is 1. The van der Waals surface area contributed by atoms with Crippen molar-refractivity contribution in [3.05, 3.63) is 17.5 Å². The fraction of sp³-hybridized carbons (Fsp3) is 0.583. The molecule has 1 aliphatic heterocycles. The van der Waals surface area contributed by atoms with Gasteiger partial charge in [0.05, 0.1) is 6.04 Å². The van der Waals surface area contributed by atoms with Gasteiger partial charge in [0, 0.05) is 13.0 Å². The summed E-state index contributed by atoms with van der Waals surface area (Å²) in [5, 5.41) is 1.74. The van der Waals surface area contributed by atoms with Gasteiger partial charge in [0.1, 0.15) is 4.21 Å². The number of nitrogens with zero attached hydrogens (tertiary/aromatic N) is 1. The summed E-state index contributed by atoms with van der Waals surface area (Å²) in [5.41, 5.74) is 0. The second kappa shape index (κ2) is 5.50. The highest BCUT2D eigenvalue weighted by atomic mass is 32.2. The highest BCUT2D eigenvalue weighted by Gasteiger charge is 2.36. The van der Waals surface area contributed by atoms with Crippen LogP contribution in [0.2, 0.25) is 0 Å². The molecule has 0 spiro atoms. The van der Waals surface area contributed by atoms with Crippen LogP contribution in [0.5, 0.6) is 0 Å². The summed E-state index contributed by atoms with van der Waals surface area (Å²) >= 11 is 1.20. The summed E-state index contributed by atoms with van der Waals surface area (Å²) in [7, 11) is -3.49. The first-order chi connectivity index (χ1) is 8.57. The van der Waals surface area contributed by atoms with Crippen molar-refractivity contribution < 1.29 is 13.2 Å². The molecule has 4 nitrogen and oxygen atoms in total. The Morgan fingerprint density at radius 2 is 2.28 bits per heavy atom. The minimum absolute atomic E-state index is 0.0230. The van der Waals surface area contributed by atoms with Gasteiger partial charge in [0.25, 0.3) is 10.0 Å². The third kappa shape index (κ3) is 2.50. The first-order valence-corrected chi connectivity index (χ1v) is 8.47. The molecule has 0 aromatic carbocycles. The molecule has 0 unspecified atom stereocenters. The smallest absolute Gasteiger partial charge is 0.253 e. The Morgan fingerprint density at radius 1 is 1.50 bits per heavy atom. The first-order valence-electron chi connectivity index (χ1n) is 6.15. The van der Waals surface area contributed by atoms with Crippen LogP contribution in [0.25, 0.3) is 0 Å². The summed E-state index contributed by atoms with van der Waals surface area (Å²) in [6.07, 6.45) is 2.80. The third-order valence-electron chi connectivity index (χ3n) is 3.23. The first kappa shape index (κ1) is 13.7. The quantitative estimate of drug-likeness (QED) is 0.853. The molecule has 2 heterocycles. The van der Waals surface area contributed by atoms with Gasteiger partial charge >= 0.3 is 0 Å². The van der Waals surface area contributed by atoms with E-state index in [4.69, 9.17) is 0 Å². The van der Waals surface area contributed by atoms with Crippen molar-refractivity contribution in [3.63, 3.8) is 0 Å². The molecule has 0 amide bonds. The SMILES string of the molecule is CCC(=O)[C@H]1CCCCN1S(=O)(=O)c1cccs1. The summed E-state index contributed by atoms with van der Waals surface area (Å²) in [4.78, 5) is 11.9. The molecule has 1 aromatic heterocycles. The summed E-state index contributed by atoms with van der Waals surface area (Å²) in [6, 6.07) is 2.86. The van der Waals surface area contributed by atoms with Gasteiger partial charge in [-0.3, -0.25) is 4.79 Å². The minimum atomic E-state index is -3.49. The molecule has 0 bridgehead atoms. The van der Waals surface area contributed by atoms with E-state index < -0.39 is 16.1 Å². The molecular weight excluding hydrogens is 270 g/mol. The number of hydrogen-bond acceptors (Lipinski definition) is 4. The average molecular weight is 287 g/mol. The Morgan fingerprint density at radius 3 is 2.89 bits per heavy atom. The number of carbonyl (C=O) groups is 1. The molecule has 2 rings (SSSR count). The van der Waals surface area contributed by atoms with E-state index in [-0.39, 0.29) is 5.78 Å². The lowest BCUT2D eigenvalue weighted by molar-refractivity contribution is -0.123. The molecule has 1 aliphatic rings. The third-order valence-corrected chi connectivity index (χ3v) is 6.51. The number of piperidine rings is 1. The zero-order valence-electron chi connectivity index (χ0n) is 10.3. The van der Waals surface area contributed by atoms with Crippen molar-refractivity contribution in [2.75, 3.05) is 6.54 Å². The van der Waals surface area contributed by atoms with Gasteiger partial charge in [-0.25, -0.2) is 8.42 Å². The molecular formula is C12H17NO3S2. The Labute approximate surface area is 112 Å². The standard InChI is InChI=1S/C12H17NO3S2/c1-2-11(14)10-6-3-4-8-13(10)18(15,16)12-7-5-9-17-12/h5,7,9-10H,2-4,6,8H2,1H3/t10-/m1/s1. The van der Waals surface area contributed by atoms with Gasteiger partial charge in [-0.1, -0.05) is 19.4 Å². The van der Waals surface area contributed by atoms with E-state index in [9.17, 15) is 13.2 Å². The highest BCUT2D eigenvalue weighted by Crippen LogP contribution is 2.28. The minimum Gasteiger partial charge on any atom is -0.298 e. The van der Waals surface area contributed by atoms with E-state index in [0.29, 0.717) is 23.6 Å². The van der Waals surface area contributed by atoms with E-state index in [2.05, 4.69) is 0 Å². The van der Waals surface area contributed by atoms with Crippen molar-refractivity contribution in [1.82, 2.24) is 4.31 Å². The second-order valence-electron chi connectivity index (χ2n) is 4.38. The Bertz CT molecular complexity index is 507. The van der Waals surface area contributed by atoms with Gasteiger partial charge in [-0.15, -0.1) is 11.3 Å². The summed E-state index contributed by atoms with van der Waals surface area (Å²) in [6.45, 7) is 2.24. The van der Waals surface area contributed by atoms with Crippen LogP contribution in [0.15, 0.2) is 21.7 Å². The number of thiophene rings is 1. The molecule has 1 aromatic rings. The molecule has 18 heavy (non-hydrogen) atoms. The molecule has 1 atom stereocenters. The van der Waals surface area contributed by atoms with Gasteiger partial charge in [0.2, 0.25) is 0 Å². The van der Waals surface area contributed by atoms with Crippen LogP contribution in [-0.4, -0.2) is 31.1 Å². The molecule has 1 saturated heterocycles. The number of rotatable bonds is 4. The van der Waals surface area contributed by atoms with Crippen LogP contribution in [-0.2, 0) is 14.8 Å². The summed E-state index contributed by atoms with van der Waals surface area (Å²) < 4.78 is 26.7. The molecule has 6 heteroatoms. The predicted molar refractivity (Wildman–Crippen MR) is 71.1 cm³/mol. The maximum absolute atomic E-state index is 12.5. The summed E-state index contributed by atoms with van der Waals surface area (Å²) in [5.74, 6) is 0.0230. The second-order valence-corrected chi connectivity index (χ2v) is 7.44. The maximum Gasteiger partial charge on any atom is 0.253 e. The zero-order valence-corrected chi connectivity index (χ0v) is 12.0. The van der Waals surface area contributed by atoms with Crippen molar-refractivity contribution in [2.24, 2.45) is 0 Å². The van der Waals surface area contributed by atoms with E-state index >= 15 is 0 Å².